The number of halogens is 3. The molecule has 1 N–H and O–H groups in total. The first kappa shape index (κ1) is 14.7. The fourth-order valence-electron chi connectivity index (χ4n) is 2.00. The summed E-state index contributed by atoms with van der Waals surface area (Å²) in [6.07, 6.45) is -2.32. The van der Waals surface area contributed by atoms with Gasteiger partial charge in [-0.25, -0.2) is 8.42 Å². The van der Waals surface area contributed by atoms with Crippen LogP contribution < -0.4 is 0 Å². The van der Waals surface area contributed by atoms with Crippen molar-refractivity contribution >= 4 is 10.0 Å². The molecule has 0 atom stereocenters. The van der Waals surface area contributed by atoms with Gasteiger partial charge in [-0.05, 0) is 12.8 Å². The van der Waals surface area contributed by atoms with Crippen LogP contribution in [0.15, 0.2) is 0 Å². The van der Waals surface area contributed by atoms with Crippen LogP contribution in [0, 0.1) is 0 Å². The van der Waals surface area contributed by atoms with Gasteiger partial charge in [0.15, 0.2) is 0 Å². The van der Waals surface area contributed by atoms with Crippen LogP contribution in [0.25, 0.3) is 0 Å². The normalized spacial score (nSPS) is 19.1. The SMILES string of the molecule is O=S(=O)(C1CCCC1)N(CCO)CC(F)(F)F. The molecule has 0 heterocycles. The Morgan fingerprint density at radius 2 is 1.76 bits per heavy atom. The molecule has 0 aromatic heterocycles. The van der Waals surface area contributed by atoms with Crippen LogP contribution in [0.4, 0.5) is 13.2 Å². The van der Waals surface area contributed by atoms with E-state index in [4.69, 9.17) is 5.11 Å². The van der Waals surface area contributed by atoms with Gasteiger partial charge in [0.25, 0.3) is 0 Å². The maximum atomic E-state index is 12.3. The van der Waals surface area contributed by atoms with Crippen LogP contribution in [0.3, 0.4) is 0 Å². The average Bonchev–Trinajstić information content (AvgIpc) is 2.68. The fraction of sp³-hybridized carbons (Fsp3) is 1.00. The molecule has 17 heavy (non-hydrogen) atoms. The van der Waals surface area contributed by atoms with Gasteiger partial charge >= 0.3 is 6.18 Å². The predicted octanol–water partition coefficient (Wildman–Crippen LogP) is 1.12. The Bertz CT molecular complexity index is 336. The summed E-state index contributed by atoms with van der Waals surface area (Å²) in [5, 5.41) is 7.94. The molecule has 0 aromatic rings. The quantitative estimate of drug-likeness (QED) is 0.818. The predicted molar refractivity (Wildman–Crippen MR) is 55.9 cm³/mol. The minimum Gasteiger partial charge on any atom is -0.395 e. The molecule has 1 fully saturated rings. The maximum Gasteiger partial charge on any atom is 0.402 e. The number of hydrogen-bond donors (Lipinski definition) is 1. The number of sulfonamides is 1. The lowest BCUT2D eigenvalue weighted by atomic mass is 10.4. The van der Waals surface area contributed by atoms with Crippen LogP contribution >= 0.6 is 0 Å². The third-order valence-electron chi connectivity index (χ3n) is 2.79. The maximum absolute atomic E-state index is 12.3. The molecule has 1 saturated carbocycles. The summed E-state index contributed by atoms with van der Waals surface area (Å²) in [5.74, 6) is 0. The first-order valence-corrected chi connectivity index (χ1v) is 6.94. The molecule has 0 bridgehead atoms. The molecule has 0 unspecified atom stereocenters. The van der Waals surface area contributed by atoms with Crippen molar-refractivity contribution in [2.45, 2.75) is 37.1 Å². The van der Waals surface area contributed by atoms with E-state index in [0.29, 0.717) is 17.1 Å². The molecule has 0 spiro atoms. The molecule has 8 heteroatoms. The number of aliphatic hydroxyl groups excluding tert-OH is 1. The van der Waals surface area contributed by atoms with Crippen molar-refractivity contribution in [3.05, 3.63) is 0 Å². The molecule has 1 aliphatic rings. The lowest BCUT2D eigenvalue weighted by Gasteiger charge is -2.25. The summed E-state index contributed by atoms with van der Waals surface area (Å²) >= 11 is 0. The fourth-order valence-corrected chi connectivity index (χ4v) is 4.02. The summed E-state index contributed by atoms with van der Waals surface area (Å²) in [6, 6.07) is 0. The number of rotatable bonds is 5. The molecule has 102 valence electrons. The Labute approximate surface area is 98.5 Å². The van der Waals surface area contributed by atoms with Gasteiger partial charge in [0.1, 0.15) is 6.54 Å². The number of alkyl halides is 3. The van der Waals surface area contributed by atoms with E-state index >= 15 is 0 Å². The van der Waals surface area contributed by atoms with Crippen molar-refractivity contribution in [2.24, 2.45) is 0 Å². The lowest BCUT2D eigenvalue weighted by molar-refractivity contribution is -0.136. The van der Waals surface area contributed by atoms with Crippen molar-refractivity contribution in [3.63, 3.8) is 0 Å². The first-order valence-electron chi connectivity index (χ1n) is 5.44. The lowest BCUT2D eigenvalue weighted by Crippen LogP contribution is -2.44. The van der Waals surface area contributed by atoms with E-state index in [1.807, 2.05) is 0 Å². The molecule has 0 amide bonds. The van der Waals surface area contributed by atoms with Crippen LogP contribution in [0.2, 0.25) is 0 Å². The minimum absolute atomic E-state index is 0.350. The molecule has 1 aliphatic carbocycles. The molecule has 1 rings (SSSR count). The van der Waals surface area contributed by atoms with E-state index in [2.05, 4.69) is 0 Å². The average molecular weight is 275 g/mol. The van der Waals surface area contributed by atoms with E-state index in [1.54, 1.807) is 0 Å². The highest BCUT2D eigenvalue weighted by atomic mass is 32.2. The Morgan fingerprint density at radius 1 is 1.24 bits per heavy atom. The number of hydrogen-bond acceptors (Lipinski definition) is 3. The summed E-state index contributed by atoms with van der Waals surface area (Å²) in [4.78, 5) is 0. The van der Waals surface area contributed by atoms with E-state index in [0.717, 1.165) is 12.8 Å². The highest BCUT2D eigenvalue weighted by Gasteiger charge is 2.40. The van der Waals surface area contributed by atoms with E-state index < -0.39 is 41.1 Å². The topological polar surface area (TPSA) is 57.6 Å². The molecule has 4 nitrogen and oxygen atoms in total. The summed E-state index contributed by atoms with van der Waals surface area (Å²) in [6.45, 7) is -2.63. The highest BCUT2D eigenvalue weighted by molar-refractivity contribution is 7.89. The van der Waals surface area contributed by atoms with Crippen LogP contribution in [0.5, 0.6) is 0 Å². The Morgan fingerprint density at radius 3 is 2.18 bits per heavy atom. The third kappa shape index (κ3) is 4.11. The summed E-state index contributed by atoms with van der Waals surface area (Å²) in [5.41, 5.74) is 0. The van der Waals surface area contributed by atoms with Gasteiger partial charge in [0.2, 0.25) is 10.0 Å². The number of nitrogens with zero attached hydrogens (tertiary/aromatic N) is 1. The second-order valence-electron chi connectivity index (χ2n) is 4.12. The van der Waals surface area contributed by atoms with Gasteiger partial charge in [-0.1, -0.05) is 12.8 Å². The van der Waals surface area contributed by atoms with Crippen molar-refractivity contribution in [1.29, 1.82) is 0 Å². The van der Waals surface area contributed by atoms with Crippen molar-refractivity contribution < 1.29 is 26.7 Å². The zero-order valence-electron chi connectivity index (χ0n) is 9.28. The van der Waals surface area contributed by atoms with Gasteiger partial charge in [0.05, 0.1) is 11.9 Å². The number of aliphatic hydroxyl groups is 1. The van der Waals surface area contributed by atoms with Gasteiger partial charge in [-0.3, -0.25) is 0 Å². The van der Waals surface area contributed by atoms with E-state index in [1.165, 1.54) is 0 Å². The standard InChI is InChI=1S/C9H16F3NO3S/c10-9(11,12)7-13(5-6-14)17(15,16)8-3-1-2-4-8/h8,14H,1-7H2. The van der Waals surface area contributed by atoms with Gasteiger partial charge in [0, 0.05) is 6.54 Å². The Balaban J connectivity index is 2.81. The second-order valence-corrected chi connectivity index (χ2v) is 6.34. The van der Waals surface area contributed by atoms with Gasteiger partial charge in [-0.2, -0.15) is 17.5 Å². The third-order valence-corrected chi connectivity index (χ3v) is 5.13. The van der Waals surface area contributed by atoms with Crippen LogP contribution in [0.1, 0.15) is 25.7 Å². The molecule has 0 radical (unpaired) electrons. The highest BCUT2D eigenvalue weighted by Crippen LogP contribution is 2.28. The zero-order valence-corrected chi connectivity index (χ0v) is 10.1. The van der Waals surface area contributed by atoms with Crippen molar-refractivity contribution in [3.8, 4) is 0 Å². The smallest absolute Gasteiger partial charge is 0.395 e. The molecule has 0 saturated heterocycles. The van der Waals surface area contributed by atoms with E-state index in [-0.39, 0.29) is 0 Å². The van der Waals surface area contributed by atoms with E-state index in [9.17, 15) is 21.6 Å². The monoisotopic (exact) mass is 275 g/mol. The van der Waals surface area contributed by atoms with Crippen LogP contribution in [-0.4, -0.2) is 49.0 Å². The zero-order chi connectivity index (χ0) is 13.1. The van der Waals surface area contributed by atoms with Crippen molar-refractivity contribution in [1.82, 2.24) is 4.31 Å². The Kier molecular flexibility index (Phi) is 4.79. The summed E-state index contributed by atoms with van der Waals surface area (Å²) in [7, 11) is -3.94. The summed E-state index contributed by atoms with van der Waals surface area (Å²) < 4.78 is 61.0. The van der Waals surface area contributed by atoms with Gasteiger partial charge < -0.3 is 5.11 Å². The first-order chi connectivity index (χ1) is 7.77. The Hall–Kier alpha value is -0.340. The van der Waals surface area contributed by atoms with Crippen LogP contribution in [-0.2, 0) is 10.0 Å². The largest absolute Gasteiger partial charge is 0.402 e. The van der Waals surface area contributed by atoms with Gasteiger partial charge in [-0.15, -0.1) is 0 Å². The molecular formula is C9H16F3NO3S. The second kappa shape index (κ2) is 5.53. The minimum atomic E-state index is -4.58. The molecule has 0 aliphatic heterocycles. The molecular weight excluding hydrogens is 259 g/mol. The van der Waals surface area contributed by atoms with Crippen molar-refractivity contribution in [2.75, 3.05) is 19.7 Å². The molecule has 0 aromatic carbocycles.